The summed E-state index contributed by atoms with van der Waals surface area (Å²) in [5.41, 5.74) is 1.51. The zero-order valence-electron chi connectivity index (χ0n) is 10.9. The Bertz CT molecular complexity index is 364. The molecule has 0 spiro atoms. The Hall–Kier alpha value is -0.860. The van der Waals surface area contributed by atoms with E-state index < -0.39 is 0 Å². The molecule has 98 valence electrons. The average Bonchev–Trinajstić information content (AvgIpc) is 2.39. The van der Waals surface area contributed by atoms with E-state index in [1.807, 2.05) is 0 Å². The Labute approximate surface area is 109 Å². The van der Waals surface area contributed by atoms with Crippen molar-refractivity contribution < 1.29 is 5.11 Å². The van der Waals surface area contributed by atoms with Crippen LogP contribution in [-0.2, 0) is 0 Å². The SMILES string of the molecule is OC1CC(NC2CCC(c3ccccc3)CC2)C1. The van der Waals surface area contributed by atoms with Crippen LogP contribution in [0.3, 0.4) is 0 Å². The molecule has 2 N–H and O–H groups in total. The van der Waals surface area contributed by atoms with Crippen molar-refractivity contribution in [2.45, 2.75) is 62.6 Å². The van der Waals surface area contributed by atoms with Crippen LogP contribution >= 0.6 is 0 Å². The van der Waals surface area contributed by atoms with Gasteiger partial charge in [-0.1, -0.05) is 30.3 Å². The van der Waals surface area contributed by atoms with Crippen LogP contribution < -0.4 is 5.32 Å². The number of rotatable bonds is 3. The van der Waals surface area contributed by atoms with E-state index in [-0.39, 0.29) is 6.10 Å². The molecule has 18 heavy (non-hydrogen) atoms. The zero-order valence-corrected chi connectivity index (χ0v) is 10.9. The molecular weight excluding hydrogens is 222 g/mol. The van der Waals surface area contributed by atoms with Crippen LogP contribution in [0.25, 0.3) is 0 Å². The third-order valence-electron chi connectivity index (χ3n) is 4.58. The molecule has 2 heteroatoms. The van der Waals surface area contributed by atoms with E-state index in [1.165, 1.54) is 31.2 Å². The highest BCUT2D eigenvalue weighted by atomic mass is 16.3. The van der Waals surface area contributed by atoms with E-state index in [4.69, 9.17) is 0 Å². The Balaban J connectivity index is 1.46. The standard InChI is InChI=1S/C16H23NO/c18-16-10-15(11-16)17-14-8-6-13(7-9-14)12-4-2-1-3-5-12/h1-5,13-18H,6-11H2. The molecule has 0 aliphatic heterocycles. The molecule has 2 fully saturated rings. The first-order valence-corrected chi connectivity index (χ1v) is 7.30. The third kappa shape index (κ3) is 2.76. The predicted molar refractivity (Wildman–Crippen MR) is 73.6 cm³/mol. The van der Waals surface area contributed by atoms with Gasteiger partial charge < -0.3 is 10.4 Å². The summed E-state index contributed by atoms with van der Waals surface area (Å²) in [5.74, 6) is 0.760. The summed E-state index contributed by atoms with van der Waals surface area (Å²) >= 11 is 0. The fourth-order valence-corrected chi connectivity index (χ4v) is 3.38. The molecule has 0 atom stereocenters. The van der Waals surface area contributed by atoms with Gasteiger partial charge in [0.25, 0.3) is 0 Å². The van der Waals surface area contributed by atoms with E-state index in [2.05, 4.69) is 35.6 Å². The zero-order chi connectivity index (χ0) is 12.4. The topological polar surface area (TPSA) is 32.3 Å². The van der Waals surface area contributed by atoms with Gasteiger partial charge in [0.1, 0.15) is 0 Å². The molecule has 3 rings (SSSR count). The van der Waals surface area contributed by atoms with Crippen molar-refractivity contribution in [3.05, 3.63) is 35.9 Å². The van der Waals surface area contributed by atoms with Crippen LogP contribution in [0.1, 0.15) is 50.0 Å². The van der Waals surface area contributed by atoms with Gasteiger partial charge in [-0.25, -0.2) is 0 Å². The second-order valence-corrected chi connectivity index (χ2v) is 5.95. The van der Waals surface area contributed by atoms with Gasteiger partial charge in [0.05, 0.1) is 6.10 Å². The molecule has 0 aromatic heterocycles. The number of hydrogen-bond donors (Lipinski definition) is 2. The van der Waals surface area contributed by atoms with Gasteiger partial charge in [0.2, 0.25) is 0 Å². The second-order valence-electron chi connectivity index (χ2n) is 5.95. The van der Waals surface area contributed by atoms with Crippen molar-refractivity contribution in [3.8, 4) is 0 Å². The van der Waals surface area contributed by atoms with Gasteiger partial charge >= 0.3 is 0 Å². The first-order chi connectivity index (χ1) is 8.81. The van der Waals surface area contributed by atoms with Gasteiger partial charge in [-0.2, -0.15) is 0 Å². The van der Waals surface area contributed by atoms with E-state index >= 15 is 0 Å². The van der Waals surface area contributed by atoms with Gasteiger partial charge in [-0.05, 0) is 50.0 Å². The molecular formula is C16H23NO. The molecule has 0 saturated heterocycles. The lowest BCUT2D eigenvalue weighted by Gasteiger charge is -2.38. The molecule has 2 aliphatic rings. The number of aliphatic hydroxyl groups is 1. The molecule has 0 radical (unpaired) electrons. The molecule has 0 amide bonds. The Morgan fingerprint density at radius 2 is 1.56 bits per heavy atom. The monoisotopic (exact) mass is 245 g/mol. The molecule has 2 saturated carbocycles. The van der Waals surface area contributed by atoms with Gasteiger partial charge in [-0.15, -0.1) is 0 Å². The van der Waals surface area contributed by atoms with Gasteiger partial charge in [0, 0.05) is 12.1 Å². The van der Waals surface area contributed by atoms with Crippen LogP contribution in [-0.4, -0.2) is 23.3 Å². The van der Waals surface area contributed by atoms with Crippen LogP contribution in [0, 0.1) is 0 Å². The third-order valence-corrected chi connectivity index (χ3v) is 4.58. The summed E-state index contributed by atoms with van der Waals surface area (Å²) in [6.07, 6.45) is 7.05. The number of aliphatic hydroxyl groups excluding tert-OH is 1. The largest absolute Gasteiger partial charge is 0.393 e. The van der Waals surface area contributed by atoms with E-state index in [0.29, 0.717) is 12.1 Å². The van der Waals surface area contributed by atoms with Crippen LogP contribution in [0.2, 0.25) is 0 Å². The highest BCUT2D eigenvalue weighted by molar-refractivity contribution is 5.20. The van der Waals surface area contributed by atoms with Crippen molar-refractivity contribution in [2.24, 2.45) is 0 Å². The van der Waals surface area contributed by atoms with Gasteiger partial charge in [-0.3, -0.25) is 0 Å². The maximum Gasteiger partial charge on any atom is 0.0570 e. The summed E-state index contributed by atoms with van der Waals surface area (Å²) in [6.45, 7) is 0. The molecule has 2 nitrogen and oxygen atoms in total. The minimum Gasteiger partial charge on any atom is -0.393 e. The first kappa shape index (κ1) is 12.2. The maximum absolute atomic E-state index is 9.30. The van der Waals surface area contributed by atoms with Crippen molar-refractivity contribution in [3.63, 3.8) is 0 Å². The first-order valence-electron chi connectivity index (χ1n) is 7.30. The van der Waals surface area contributed by atoms with Crippen LogP contribution in [0.5, 0.6) is 0 Å². The van der Waals surface area contributed by atoms with Gasteiger partial charge in [0.15, 0.2) is 0 Å². The van der Waals surface area contributed by atoms with Crippen LogP contribution in [0.15, 0.2) is 30.3 Å². The van der Waals surface area contributed by atoms with Crippen molar-refractivity contribution in [1.29, 1.82) is 0 Å². The number of nitrogens with one attached hydrogen (secondary N) is 1. The lowest BCUT2D eigenvalue weighted by Crippen LogP contribution is -2.49. The highest BCUT2D eigenvalue weighted by Crippen LogP contribution is 2.33. The summed E-state index contributed by atoms with van der Waals surface area (Å²) in [6, 6.07) is 12.2. The van der Waals surface area contributed by atoms with Crippen molar-refractivity contribution >= 4 is 0 Å². The average molecular weight is 245 g/mol. The summed E-state index contributed by atoms with van der Waals surface area (Å²) in [4.78, 5) is 0. The smallest absolute Gasteiger partial charge is 0.0570 e. The number of benzene rings is 1. The van der Waals surface area contributed by atoms with Crippen LogP contribution in [0.4, 0.5) is 0 Å². The van der Waals surface area contributed by atoms with Crippen molar-refractivity contribution in [1.82, 2.24) is 5.32 Å². The van der Waals surface area contributed by atoms with E-state index in [0.717, 1.165) is 18.8 Å². The maximum atomic E-state index is 9.30. The quantitative estimate of drug-likeness (QED) is 0.858. The second kappa shape index (κ2) is 5.41. The Morgan fingerprint density at radius 1 is 0.889 bits per heavy atom. The summed E-state index contributed by atoms with van der Waals surface area (Å²) < 4.78 is 0. The fourth-order valence-electron chi connectivity index (χ4n) is 3.38. The fraction of sp³-hybridized carbons (Fsp3) is 0.625. The Morgan fingerprint density at radius 3 is 2.17 bits per heavy atom. The summed E-state index contributed by atoms with van der Waals surface area (Å²) in [7, 11) is 0. The Kier molecular flexibility index (Phi) is 3.67. The lowest BCUT2D eigenvalue weighted by molar-refractivity contribution is 0.0549. The lowest BCUT2D eigenvalue weighted by atomic mass is 9.80. The summed E-state index contributed by atoms with van der Waals surface area (Å²) in [5, 5.41) is 13.0. The highest BCUT2D eigenvalue weighted by Gasteiger charge is 2.30. The minimum absolute atomic E-state index is 0.0387. The van der Waals surface area contributed by atoms with E-state index in [9.17, 15) is 5.11 Å². The molecule has 2 aliphatic carbocycles. The normalized spacial score (nSPS) is 36.1. The van der Waals surface area contributed by atoms with Crippen molar-refractivity contribution in [2.75, 3.05) is 0 Å². The minimum atomic E-state index is -0.0387. The molecule has 0 bridgehead atoms. The molecule has 0 unspecified atom stereocenters. The molecule has 1 aromatic rings. The molecule has 0 heterocycles. The number of hydrogen-bond acceptors (Lipinski definition) is 2. The molecule has 1 aromatic carbocycles. The van der Waals surface area contributed by atoms with E-state index in [1.54, 1.807) is 0 Å². The predicted octanol–water partition coefficient (Wildman–Crippen LogP) is 2.83.